The van der Waals surface area contributed by atoms with Gasteiger partial charge >= 0.3 is 6.09 Å². The van der Waals surface area contributed by atoms with Crippen molar-refractivity contribution >= 4 is 6.09 Å². The number of hydrogen-bond donors (Lipinski definition) is 2. The van der Waals surface area contributed by atoms with Crippen molar-refractivity contribution in [1.29, 1.82) is 0 Å². The molecule has 2 rings (SSSR count). The van der Waals surface area contributed by atoms with Gasteiger partial charge in [-0.1, -0.05) is 65.0 Å². The average molecular weight is 432 g/mol. The molecule has 0 bridgehead atoms. The number of aromatic nitrogens is 2. The lowest BCUT2D eigenvalue weighted by molar-refractivity contribution is 0.0468. The Hall–Kier alpha value is -2.38. The molecule has 2 atom stereocenters. The number of benzene rings is 1. The van der Waals surface area contributed by atoms with Gasteiger partial charge in [0.05, 0.1) is 19.3 Å². The highest BCUT2D eigenvalue weighted by atomic mass is 16.5. The summed E-state index contributed by atoms with van der Waals surface area (Å²) in [5, 5.41) is 13.8. The second kappa shape index (κ2) is 11.9. The Labute approximate surface area is 185 Å². The molecule has 2 N–H and O–H groups in total. The first kappa shape index (κ1) is 24.9. The van der Waals surface area contributed by atoms with E-state index in [1.54, 1.807) is 17.0 Å². The molecule has 1 heterocycles. The van der Waals surface area contributed by atoms with Gasteiger partial charge in [-0.3, -0.25) is 0 Å². The summed E-state index contributed by atoms with van der Waals surface area (Å²) in [6.07, 6.45) is 3.24. The molecule has 1 amide bonds. The molecule has 31 heavy (non-hydrogen) atoms. The predicted octanol–water partition coefficient (Wildman–Crippen LogP) is 4.67. The van der Waals surface area contributed by atoms with Gasteiger partial charge in [-0.2, -0.15) is 0 Å². The van der Waals surface area contributed by atoms with E-state index in [1.165, 1.54) is 0 Å². The van der Waals surface area contributed by atoms with E-state index >= 15 is 0 Å². The van der Waals surface area contributed by atoms with Crippen LogP contribution in [0.5, 0.6) is 0 Å². The maximum absolute atomic E-state index is 12.3. The quantitative estimate of drug-likeness (QED) is 0.540. The minimum Gasteiger partial charge on any atom is -0.450 e. The van der Waals surface area contributed by atoms with Crippen LogP contribution in [-0.4, -0.2) is 33.4 Å². The number of carbonyl (C=O) groups is 1. The molecule has 1 unspecified atom stereocenters. The molecule has 7 nitrogen and oxygen atoms in total. The molecular weight excluding hydrogens is 394 g/mol. The lowest BCUT2D eigenvalue weighted by Gasteiger charge is -2.26. The smallest absolute Gasteiger partial charge is 0.407 e. The molecule has 0 aliphatic carbocycles. The highest BCUT2D eigenvalue weighted by Gasteiger charge is 2.28. The number of alkyl carbamates (subject to hydrolysis) is 1. The largest absolute Gasteiger partial charge is 0.450 e. The first-order valence-electron chi connectivity index (χ1n) is 10.9. The van der Waals surface area contributed by atoms with Gasteiger partial charge < -0.3 is 24.5 Å². The second-order valence-electron chi connectivity index (χ2n) is 9.49. The molecule has 0 aliphatic heterocycles. The van der Waals surface area contributed by atoms with Crippen LogP contribution in [0, 0.1) is 11.3 Å². The van der Waals surface area contributed by atoms with Crippen molar-refractivity contribution in [3.8, 4) is 0 Å². The molecule has 0 aliphatic rings. The van der Waals surface area contributed by atoms with E-state index < -0.39 is 18.2 Å². The highest BCUT2D eigenvalue weighted by molar-refractivity contribution is 5.67. The van der Waals surface area contributed by atoms with Gasteiger partial charge in [-0.25, -0.2) is 9.78 Å². The summed E-state index contributed by atoms with van der Waals surface area (Å²) < 4.78 is 12.9. The fourth-order valence-corrected chi connectivity index (χ4v) is 3.13. The van der Waals surface area contributed by atoms with Crippen LogP contribution in [0.25, 0.3) is 0 Å². The van der Waals surface area contributed by atoms with Gasteiger partial charge in [0.15, 0.2) is 0 Å². The minimum absolute atomic E-state index is 0.0849. The Balaban J connectivity index is 1.96. The summed E-state index contributed by atoms with van der Waals surface area (Å²) in [5.41, 5.74) is 1.16. The first-order chi connectivity index (χ1) is 14.7. The number of amides is 1. The number of ether oxygens (including phenoxy) is 2. The van der Waals surface area contributed by atoms with E-state index in [9.17, 15) is 9.90 Å². The molecular formula is C24H37N3O4. The summed E-state index contributed by atoms with van der Waals surface area (Å²) in [7, 11) is 0. The van der Waals surface area contributed by atoms with Gasteiger partial charge in [0.25, 0.3) is 0 Å². The Kier molecular flexibility index (Phi) is 9.52. The third-order valence-electron chi connectivity index (χ3n) is 4.85. The summed E-state index contributed by atoms with van der Waals surface area (Å²) in [5.74, 6) is 0.723. The standard InChI is InChI=1S/C24H37N3O4/c1-18(2)15-20(26-23(29)31-14-11-24(3,4)5)21(28)22-25-12-13-27(22)17-30-16-19-9-7-6-8-10-19/h6-10,12-13,18,20-21,28H,11,14-17H2,1-5H3,(H,26,29)/t20-,21?/m0/s1. The van der Waals surface area contributed by atoms with Crippen molar-refractivity contribution in [2.45, 2.75) is 72.9 Å². The molecule has 0 fully saturated rings. The van der Waals surface area contributed by atoms with Gasteiger partial charge in [0, 0.05) is 12.4 Å². The van der Waals surface area contributed by atoms with Crippen LogP contribution < -0.4 is 5.32 Å². The van der Waals surface area contributed by atoms with Crippen LogP contribution in [-0.2, 0) is 22.8 Å². The van der Waals surface area contributed by atoms with Crippen LogP contribution in [0.3, 0.4) is 0 Å². The van der Waals surface area contributed by atoms with E-state index in [-0.39, 0.29) is 18.1 Å². The molecule has 0 saturated heterocycles. The zero-order valence-corrected chi connectivity index (χ0v) is 19.4. The van der Waals surface area contributed by atoms with Crippen LogP contribution in [0.15, 0.2) is 42.7 Å². The topological polar surface area (TPSA) is 85.6 Å². The maximum atomic E-state index is 12.3. The number of rotatable bonds is 11. The van der Waals surface area contributed by atoms with Crippen molar-refractivity contribution in [2.24, 2.45) is 11.3 Å². The fourth-order valence-electron chi connectivity index (χ4n) is 3.13. The van der Waals surface area contributed by atoms with Gasteiger partial charge in [0.1, 0.15) is 18.7 Å². The van der Waals surface area contributed by atoms with Crippen LogP contribution >= 0.6 is 0 Å². The van der Waals surface area contributed by atoms with Crippen molar-refractivity contribution in [3.05, 3.63) is 54.1 Å². The van der Waals surface area contributed by atoms with Crippen molar-refractivity contribution in [1.82, 2.24) is 14.9 Å². The van der Waals surface area contributed by atoms with E-state index in [2.05, 4.69) is 31.1 Å². The van der Waals surface area contributed by atoms with Gasteiger partial charge in [0.2, 0.25) is 0 Å². The van der Waals surface area contributed by atoms with Crippen molar-refractivity contribution in [3.63, 3.8) is 0 Å². The first-order valence-corrected chi connectivity index (χ1v) is 10.9. The summed E-state index contributed by atoms with van der Waals surface area (Å²) in [6.45, 7) is 11.4. The minimum atomic E-state index is -0.979. The Bertz CT molecular complexity index is 784. The number of carbonyl (C=O) groups excluding carboxylic acids is 1. The number of hydrogen-bond acceptors (Lipinski definition) is 5. The van der Waals surface area contributed by atoms with Gasteiger partial charge in [-0.15, -0.1) is 0 Å². The van der Waals surface area contributed by atoms with Crippen LogP contribution in [0.1, 0.15) is 65.0 Å². The molecule has 2 aromatic rings. The summed E-state index contributed by atoms with van der Waals surface area (Å²) >= 11 is 0. The number of imidazole rings is 1. The normalized spacial score (nSPS) is 13.8. The second-order valence-corrected chi connectivity index (χ2v) is 9.49. The Morgan fingerprint density at radius 2 is 1.94 bits per heavy atom. The SMILES string of the molecule is CC(C)C[C@H](NC(=O)OCCC(C)(C)C)C(O)c1nccn1COCc1ccccc1. The number of aliphatic hydroxyl groups excluding tert-OH is 1. The zero-order chi connectivity index (χ0) is 22.9. The number of nitrogens with one attached hydrogen (secondary N) is 1. The Morgan fingerprint density at radius 1 is 1.23 bits per heavy atom. The summed E-state index contributed by atoms with van der Waals surface area (Å²) in [6, 6.07) is 9.37. The number of nitrogens with zero attached hydrogens (tertiary/aromatic N) is 2. The van der Waals surface area contributed by atoms with E-state index in [0.717, 1.165) is 12.0 Å². The lowest BCUT2D eigenvalue weighted by Crippen LogP contribution is -2.41. The molecule has 1 aromatic carbocycles. The van der Waals surface area contributed by atoms with E-state index in [1.807, 2.05) is 44.2 Å². The van der Waals surface area contributed by atoms with Crippen molar-refractivity contribution in [2.75, 3.05) is 6.61 Å². The third kappa shape index (κ3) is 9.11. The van der Waals surface area contributed by atoms with Crippen LogP contribution in [0.2, 0.25) is 0 Å². The van der Waals surface area contributed by atoms with E-state index in [0.29, 0.717) is 25.5 Å². The molecule has 172 valence electrons. The maximum Gasteiger partial charge on any atom is 0.407 e. The molecule has 0 spiro atoms. The highest BCUT2D eigenvalue weighted by Crippen LogP contribution is 2.22. The molecule has 0 saturated carbocycles. The fraction of sp³-hybridized carbons (Fsp3) is 0.583. The predicted molar refractivity (Wildman–Crippen MR) is 120 cm³/mol. The molecule has 1 aromatic heterocycles. The average Bonchev–Trinajstić information content (AvgIpc) is 3.15. The zero-order valence-electron chi connectivity index (χ0n) is 19.4. The monoisotopic (exact) mass is 431 g/mol. The number of aliphatic hydroxyl groups is 1. The van der Waals surface area contributed by atoms with Crippen LogP contribution in [0.4, 0.5) is 4.79 Å². The van der Waals surface area contributed by atoms with Crippen molar-refractivity contribution < 1.29 is 19.4 Å². The lowest BCUT2D eigenvalue weighted by atomic mass is 9.93. The third-order valence-corrected chi connectivity index (χ3v) is 4.85. The summed E-state index contributed by atoms with van der Waals surface area (Å²) in [4.78, 5) is 16.6. The van der Waals surface area contributed by atoms with Gasteiger partial charge in [-0.05, 0) is 29.7 Å². The molecule has 7 heteroatoms. The Morgan fingerprint density at radius 3 is 2.58 bits per heavy atom. The van der Waals surface area contributed by atoms with E-state index in [4.69, 9.17) is 9.47 Å². The molecule has 0 radical (unpaired) electrons.